The summed E-state index contributed by atoms with van der Waals surface area (Å²) in [5, 5.41) is 5.64. The van der Waals surface area contributed by atoms with Gasteiger partial charge in [-0.05, 0) is 54.3 Å². The van der Waals surface area contributed by atoms with Crippen molar-refractivity contribution in [3.63, 3.8) is 0 Å². The Labute approximate surface area is 177 Å². The molecule has 6 heteroatoms. The number of carbonyl (C=O) groups is 2. The van der Waals surface area contributed by atoms with Gasteiger partial charge in [0.05, 0.1) is 7.11 Å². The second-order valence-electron chi connectivity index (χ2n) is 7.37. The van der Waals surface area contributed by atoms with Crippen molar-refractivity contribution in [2.75, 3.05) is 33.9 Å². The fourth-order valence-electron chi connectivity index (χ4n) is 3.65. The van der Waals surface area contributed by atoms with Gasteiger partial charge < -0.3 is 20.1 Å². The smallest absolute Gasteiger partial charge is 0.251 e. The topological polar surface area (TPSA) is 76.7 Å². The third kappa shape index (κ3) is 5.27. The van der Waals surface area contributed by atoms with Gasteiger partial charge in [0.25, 0.3) is 5.91 Å². The van der Waals surface area contributed by atoms with E-state index in [9.17, 15) is 9.59 Å². The molecule has 6 nitrogen and oxygen atoms in total. The van der Waals surface area contributed by atoms with Gasteiger partial charge in [-0.2, -0.15) is 0 Å². The Morgan fingerprint density at radius 3 is 2.33 bits per heavy atom. The Morgan fingerprint density at radius 1 is 1.07 bits per heavy atom. The summed E-state index contributed by atoms with van der Waals surface area (Å²) in [7, 11) is 3.25. The van der Waals surface area contributed by atoms with Crippen LogP contribution in [0.4, 0.5) is 0 Å². The van der Waals surface area contributed by atoms with Crippen LogP contribution in [0.3, 0.4) is 0 Å². The van der Waals surface area contributed by atoms with Crippen LogP contribution >= 0.6 is 0 Å². The molecule has 1 saturated heterocycles. The molecule has 3 rings (SSSR count). The average molecular weight is 408 g/mol. The lowest BCUT2D eigenvalue weighted by molar-refractivity contribution is -0.116. The Hall–Kier alpha value is -3.12. The number of benzene rings is 2. The molecule has 0 spiro atoms. The van der Waals surface area contributed by atoms with E-state index in [1.807, 2.05) is 24.3 Å². The third-order valence-corrected chi connectivity index (χ3v) is 5.58. The molecule has 0 bridgehead atoms. The standard InChI is InChI=1S/C24H28N2O4/c1-25-23(28)19-6-3-18(4-7-19)5-12-22(27)26-17-24(13-15-30-16-14-24)20-8-10-21(29-2)11-9-20/h3-12H,13-17H2,1-2H3,(H,25,28)(H,26,27)/b12-5+. The predicted molar refractivity (Wildman–Crippen MR) is 117 cm³/mol. The van der Waals surface area contributed by atoms with Crippen molar-refractivity contribution in [3.05, 3.63) is 71.3 Å². The molecule has 0 aromatic heterocycles. The minimum atomic E-state index is -0.150. The summed E-state index contributed by atoms with van der Waals surface area (Å²) in [5.41, 5.74) is 2.47. The Morgan fingerprint density at radius 2 is 1.73 bits per heavy atom. The van der Waals surface area contributed by atoms with Gasteiger partial charge in [-0.1, -0.05) is 24.3 Å². The Kier molecular flexibility index (Phi) is 7.25. The third-order valence-electron chi connectivity index (χ3n) is 5.58. The summed E-state index contributed by atoms with van der Waals surface area (Å²) >= 11 is 0. The van der Waals surface area contributed by atoms with E-state index in [0.29, 0.717) is 25.3 Å². The fourth-order valence-corrected chi connectivity index (χ4v) is 3.65. The van der Waals surface area contributed by atoms with Crippen LogP contribution in [0, 0.1) is 0 Å². The van der Waals surface area contributed by atoms with Gasteiger partial charge >= 0.3 is 0 Å². The van der Waals surface area contributed by atoms with E-state index in [1.54, 1.807) is 32.4 Å². The summed E-state index contributed by atoms with van der Waals surface area (Å²) in [6.45, 7) is 1.90. The van der Waals surface area contributed by atoms with E-state index in [4.69, 9.17) is 9.47 Å². The first-order chi connectivity index (χ1) is 14.6. The van der Waals surface area contributed by atoms with Crippen molar-refractivity contribution in [1.29, 1.82) is 0 Å². The average Bonchev–Trinajstić information content (AvgIpc) is 2.82. The Balaban J connectivity index is 1.64. The molecule has 0 saturated carbocycles. The number of carbonyl (C=O) groups excluding carboxylic acids is 2. The molecule has 0 atom stereocenters. The van der Waals surface area contributed by atoms with Gasteiger partial charge in [0.1, 0.15) is 5.75 Å². The van der Waals surface area contributed by atoms with Gasteiger partial charge in [0.2, 0.25) is 5.91 Å². The molecule has 2 amide bonds. The van der Waals surface area contributed by atoms with Crippen LogP contribution in [0.1, 0.15) is 34.3 Å². The van der Waals surface area contributed by atoms with Gasteiger partial charge in [0, 0.05) is 43.9 Å². The maximum absolute atomic E-state index is 12.4. The summed E-state index contributed by atoms with van der Waals surface area (Å²) in [5.74, 6) is 0.531. The number of methoxy groups -OCH3 is 1. The van der Waals surface area contributed by atoms with E-state index < -0.39 is 0 Å². The molecule has 0 aliphatic carbocycles. The quantitative estimate of drug-likeness (QED) is 0.691. The minimum Gasteiger partial charge on any atom is -0.497 e. The van der Waals surface area contributed by atoms with Gasteiger partial charge in [-0.15, -0.1) is 0 Å². The molecule has 1 heterocycles. The molecule has 2 N–H and O–H groups in total. The fraction of sp³-hybridized carbons (Fsp3) is 0.333. The van der Waals surface area contributed by atoms with E-state index in [2.05, 4.69) is 22.8 Å². The van der Waals surface area contributed by atoms with Crippen molar-refractivity contribution in [2.24, 2.45) is 0 Å². The molecule has 1 aliphatic rings. The van der Waals surface area contributed by atoms with Crippen molar-refractivity contribution < 1.29 is 19.1 Å². The first kappa shape index (κ1) is 21.6. The minimum absolute atomic E-state index is 0.136. The molecule has 0 radical (unpaired) electrons. The normalized spacial score (nSPS) is 15.5. The monoisotopic (exact) mass is 408 g/mol. The van der Waals surface area contributed by atoms with E-state index in [1.165, 1.54) is 11.6 Å². The molecule has 1 fully saturated rings. The van der Waals surface area contributed by atoms with Crippen molar-refractivity contribution in [2.45, 2.75) is 18.3 Å². The molecule has 2 aromatic rings. The van der Waals surface area contributed by atoms with Crippen LogP contribution in [-0.4, -0.2) is 45.7 Å². The molecular weight excluding hydrogens is 380 g/mol. The maximum Gasteiger partial charge on any atom is 0.251 e. The van der Waals surface area contributed by atoms with E-state index in [0.717, 1.165) is 24.2 Å². The molecule has 30 heavy (non-hydrogen) atoms. The predicted octanol–water partition coefficient (Wildman–Crippen LogP) is 2.93. The highest BCUT2D eigenvalue weighted by molar-refractivity contribution is 5.94. The van der Waals surface area contributed by atoms with Crippen LogP contribution in [0.15, 0.2) is 54.6 Å². The lowest BCUT2D eigenvalue weighted by atomic mass is 9.74. The van der Waals surface area contributed by atoms with Gasteiger partial charge in [0.15, 0.2) is 0 Å². The second kappa shape index (κ2) is 10.1. The van der Waals surface area contributed by atoms with Gasteiger partial charge in [-0.3, -0.25) is 9.59 Å². The van der Waals surface area contributed by atoms with Crippen molar-refractivity contribution in [3.8, 4) is 5.75 Å². The first-order valence-corrected chi connectivity index (χ1v) is 10.1. The van der Waals surface area contributed by atoms with Crippen LogP contribution in [0.2, 0.25) is 0 Å². The number of rotatable bonds is 7. The number of nitrogens with one attached hydrogen (secondary N) is 2. The SMILES string of the molecule is CNC(=O)c1ccc(/C=C/C(=O)NCC2(c3ccc(OC)cc3)CCOCC2)cc1. The summed E-state index contributed by atoms with van der Waals surface area (Å²) in [4.78, 5) is 24.0. The largest absolute Gasteiger partial charge is 0.497 e. The highest BCUT2D eigenvalue weighted by Crippen LogP contribution is 2.35. The molecular formula is C24H28N2O4. The number of ether oxygens (including phenoxy) is 2. The zero-order valence-corrected chi connectivity index (χ0v) is 17.4. The zero-order chi connectivity index (χ0) is 21.4. The van der Waals surface area contributed by atoms with Crippen LogP contribution in [-0.2, 0) is 14.9 Å². The highest BCUT2D eigenvalue weighted by atomic mass is 16.5. The first-order valence-electron chi connectivity index (χ1n) is 10.1. The summed E-state index contributed by atoms with van der Waals surface area (Å²) < 4.78 is 10.8. The van der Waals surface area contributed by atoms with E-state index in [-0.39, 0.29) is 17.2 Å². The summed E-state index contributed by atoms with van der Waals surface area (Å²) in [6, 6.07) is 15.1. The lowest BCUT2D eigenvalue weighted by Gasteiger charge is -2.38. The number of amides is 2. The summed E-state index contributed by atoms with van der Waals surface area (Å²) in [6.07, 6.45) is 4.97. The number of hydrogen-bond acceptors (Lipinski definition) is 4. The molecule has 2 aromatic carbocycles. The van der Waals surface area contributed by atoms with Crippen LogP contribution < -0.4 is 15.4 Å². The van der Waals surface area contributed by atoms with E-state index >= 15 is 0 Å². The van der Waals surface area contributed by atoms with Crippen LogP contribution in [0.5, 0.6) is 5.75 Å². The highest BCUT2D eigenvalue weighted by Gasteiger charge is 2.34. The molecule has 158 valence electrons. The maximum atomic E-state index is 12.4. The molecule has 1 aliphatic heterocycles. The van der Waals surface area contributed by atoms with Gasteiger partial charge in [-0.25, -0.2) is 0 Å². The van der Waals surface area contributed by atoms with Crippen molar-refractivity contribution in [1.82, 2.24) is 10.6 Å². The van der Waals surface area contributed by atoms with Crippen molar-refractivity contribution >= 4 is 17.9 Å². The lowest BCUT2D eigenvalue weighted by Crippen LogP contribution is -2.44. The van der Waals surface area contributed by atoms with Crippen LogP contribution in [0.25, 0.3) is 6.08 Å². The number of hydrogen-bond donors (Lipinski definition) is 2. The second-order valence-corrected chi connectivity index (χ2v) is 7.37. The zero-order valence-electron chi connectivity index (χ0n) is 17.4. The molecule has 0 unspecified atom stereocenters. The Bertz CT molecular complexity index is 882.